The van der Waals surface area contributed by atoms with Crippen molar-refractivity contribution in [1.82, 2.24) is 20.4 Å². The molecule has 2 aromatic heterocycles. The molecule has 4 rings (SSSR count). The number of aryl methyl sites for hydroxylation is 2. The van der Waals surface area contributed by atoms with Gasteiger partial charge in [-0.05, 0) is 50.5 Å². The highest BCUT2D eigenvalue weighted by atomic mass is 16.5. The highest BCUT2D eigenvalue weighted by Gasteiger charge is 2.20. The first-order chi connectivity index (χ1) is 13.5. The summed E-state index contributed by atoms with van der Waals surface area (Å²) in [7, 11) is 0. The highest BCUT2D eigenvalue weighted by Crippen LogP contribution is 2.22. The van der Waals surface area contributed by atoms with Gasteiger partial charge in [-0.25, -0.2) is 4.98 Å². The number of aromatic nitrogens is 2. The number of hydrogen-bond donors (Lipinski definition) is 1. The van der Waals surface area contributed by atoms with E-state index in [1.165, 1.54) is 0 Å². The first-order valence-corrected chi connectivity index (χ1v) is 9.43. The average Bonchev–Trinajstić information content (AvgIpc) is 3.36. The molecule has 7 heteroatoms. The lowest BCUT2D eigenvalue weighted by Gasteiger charge is -2.15. The second kappa shape index (κ2) is 7.42. The Morgan fingerprint density at radius 1 is 1.14 bits per heavy atom. The molecule has 1 saturated heterocycles. The maximum atomic E-state index is 12.7. The van der Waals surface area contributed by atoms with Gasteiger partial charge in [0.2, 0.25) is 0 Å². The van der Waals surface area contributed by atoms with E-state index in [-0.39, 0.29) is 11.8 Å². The Morgan fingerprint density at radius 3 is 2.57 bits per heavy atom. The van der Waals surface area contributed by atoms with Crippen LogP contribution in [0.25, 0.3) is 11.1 Å². The summed E-state index contributed by atoms with van der Waals surface area (Å²) in [6.45, 7) is 5.63. The Hall–Kier alpha value is -3.22. The Morgan fingerprint density at radius 2 is 1.86 bits per heavy atom. The number of likely N-dealkylation sites (tertiary alicyclic amines) is 1. The highest BCUT2D eigenvalue weighted by molar-refractivity contribution is 6.06. The van der Waals surface area contributed by atoms with Gasteiger partial charge in [0.05, 0.1) is 16.6 Å². The molecular formula is C21H22N4O3. The molecule has 1 aliphatic rings. The van der Waals surface area contributed by atoms with Gasteiger partial charge in [-0.3, -0.25) is 9.59 Å². The molecule has 144 valence electrons. The summed E-state index contributed by atoms with van der Waals surface area (Å²) in [4.78, 5) is 31.3. The molecule has 1 aliphatic heterocycles. The molecule has 28 heavy (non-hydrogen) atoms. The number of carbonyl (C=O) groups is 2. The van der Waals surface area contributed by atoms with Gasteiger partial charge in [-0.1, -0.05) is 17.3 Å². The maximum Gasteiger partial charge on any atom is 0.258 e. The van der Waals surface area contributed by atoms with E-state index >= 15 is 0 Å². The molecule has 0 unspecified atom stereocenters. The van der Waals surface area contributed by atoms with E-state index in [2.05, 4.69) is 15.5 Å². The molecule has 7 nitrogen and oxygen atoms in total. The second-order valence-electron chi connectivity index (χ2n) is 7.14. The molecule has 1 N–H and O–H groups in total. The SMILES string of the molecule is Cc1cc(C(=O)NCc2ccc(C(=O)N3CCCC3)cc2)c2c(C)noc2n1. The second-order valence-corrected chi connectivity index (χ2v) is 7.14. The minimum Gasteiger partial charge on any atom is -0.348 e. The van der Waals surface area contributed by atoms with Crippen LogP contribution in [0, 0.1) is 13.8 Å². The van der Waals surface area contributed by atoms with Gasteiger partial charge in [0.1, 0.15) is 0 Å². The predicted molar refractivity (Wildman–Crippen MR) is 104 cm³/mol. The van der Waals surface area contributed by atoms with Gasteiger partial charge < -0.3 is 14.7 Å². The zero-order valence-electron chi connectivity index (χ0n) is 16.0. The average molecular weight is 378 g/mol. The van der Waals surface area contributed by atoms with Gasteiger partial charge in [-0.15, -0.1) is 0 Å². The van der Waals surface area contributed by atoms with Crippen molar-refractivity contribution in [3.8, 4) is 0 Å². The van der Waals surface area contributed by atoms with E-state index in [0.29, 0.717) is 40.2 Å². The minimum atomic E-state index is -0.209. The maximum absolute atomic E-state index is 12.7. The van der Waals surface area contributed by atoms with E-state index in [0.717, 1.165) is 31.5 Å². The number of amides is 2. The third kappa shape index (κ3) is 3.47. The number of fused-ring (bicyclic) bond motifs is 1. The lowest BCUT2D eigenvalue weighted by atomic mass is 10.1. The molecule has 3 aromatic rings. The summed E-state index contributed by atoms with van der Waals surface area (Å²) in [5, 5.41) is 7.46. The van der Waals surface area contributed by atoms with Crippen LogP contribution in [0.2, 0.25) is 0 Å². The zero-order chi connectivity index (χ0) is 19.7. The van der Waals surface area contributed by atoms with Crippen LogP contribution < -0.4 is 5.32 Å². The van der Waals surface area contributed by atoms with Crippen molar-refractivity contribution >= 4 is 22.9 Å². The standard InChI is InChI=1S/C21H22N4O3/c1-13-11-17(18-14(2)24-28-20(18)23-13)19(26)22-12-15-5-7-16(8-6-15)21(27)25-9-3-4-10-25/h5-8,11H,3-4,9-10,12H2,1-2H3,(H,22,26). The van der Waals surface area contributed by atoms with E-state index in [1.807, 2.05) is 36.1 Å². The summed E-state index contributed by atoms with van der Waals surface area (Å²) in [5.41, 5.74) is 3.81. The van der Waals surface area contributed by atoms with Crippen molar-refractivity contribution in [3.63, 3.8) is 0 Å². The Kier molecular flexibility index (Phi) is 4.81. The molecule has 0 radical (unpaired) electrons. The first kappa shape index (κ1) is 18.2. The summed E-state index contributed by atoms with van der Waals surface area (Å²) in [5.74, 6) is -0.135. The Balaban J connectivity index is 1.45. The number of benzene rings is 1. The van der Waals surface area contributed by atoms with Crippen molar-refractivity contribution in [2.24, 2.45) is 0 Å². The van der Waals surface area contributed by atoms with Crippen LogP contribution in [0.5, 0.6) is 0 Å². The van der Waals surface area contributed by atoms with Crippen molar-refractivity contribution in [1.29, 1.82) is 0 Å². The number of carbonyl (C=O) groups excluding carboxylic acids is 2. The van der Waals surface area contributed by atoms with Gasteiger partial charge in [0.15, 0.2) is 0 Å². The topological polar surface area (TPSA) is 88.3 Å². The molecule has 0 spiro atoms. The summed E-state index contributed by atoms with van der Waals surface area (Å²) in [6.07, 6.45) is 2.15. The van der Waals surface area contributed by atoms with Gasteiger partial charge in [0.25, 0.3) is 17.5 Å². The largest absolute Gasteiger partial charge is 0.348 e. The number of rotatable bonds is 4. The Labute approximate surface area is 162 Å². The number of hydrogen-bond acceptors (Lipinski definition) is 5. The quantitative estimate of drug-likeness (QED) is 0.754. The third-order valence-electron chi connectivity index (χ3n) is 5.04. The molecule has 1 aromatic carbocycles. The summed E-state index contributed by atoms with van der Waals surface area (Å²) >= 11 is 0. The van der Waals surface area contributed by atoms with E-state index in [4.69, 9.17) is 4.52 Å². The monoisotopic (exact) mass is 378 g/mol. The van der Waals surface area contributed by atoms with Gasteiger partial charge >= 0.3 is 0 Å². The predicted octanol–water partition coefficient (Wildman–Crippen LogP) is 3.01. The summed E-state index contributed by atoms with van der Waals surface area (Å²) < 4.78 is 5.18. The smallest absolute Gasteiger partial charge is 0.258 e. The molecule has 3 heterocycles. The van der Waals surface area contributed by atoms with Crippen LogP contribution >= 0.6 is 0 Å². The third-order valence-corrected chi connectivity index (χ3v) is 5.04. The number of pyridine rings is 1. The van der Waals surface area contributed by atoms with Gasteiger partial charge in [-0.2, -0.15) is 0 Å². The molecule has 0 bridgehead atoms. The number of nitrogens with zero attached hydrogens (tertiary/aromatic N) is 3. The molecule has 2 amide bonds. The van der Waals surface area contributed by atoms with Crippen LogP contribution in [0.3, 0.4) is 0 Å². The fourth-order valence-electron chi connectivity index (χ4n) is 3.54. The molecule has 1 fully saturated rings. The van der Waals surface area contributed by atoms with Crippen molar-refractivity contribution in [3.05, 3.63) is 58.4 Å². The van der Waals surface area contributed by atoms with E-state index in [9.17, 15) is 9.59 Å². The normalized spacial score (nSPS) is 13.9. The zero-order valence-corrected chi connectivity index (χ0v) is 16.0. The van der Waals surface area contributed by atoms with Crippen LogP contribution in [0.4, 0.5) is 0 Å². The van der Waals surface area contributed by atoms with Crippen molar-refractivity contribution < 1.29 is 14.1 Å². The summed E-state index contributed by atoms with van der Waals surface area (Å²) in [6, 6.07) is 9.13. The first-order valence-electron chi connectivity index (χ1n) is 9.43. The van der Waals surface area contributed by atoms with Crippen LogP contribution in [-0.4, -0.2) is 39.9 Å². The number of nitrogens with one attached hydrogen (secondary N) is 1. The van der Waals surface area contributed by atoms with E-state index in [1.54, 1.807) is 13.0 Å². The Bertz CT molecular complexity index is 1030. The lowest BCUT2D eigenvalue weighted by molar-refractivity contribution is 0.0792. The van der Waals surface area contributed by atoms with Gasteiger partial charge in [0, 0.05) is 30.9 Å². The van der Waals surface area contributed by atoms with Crippen molar-refractivity contribution in [2.45, 2.75) is 33.2 Å². The van der Waals surface area contributed by atoms with Crippen molar-refractivity contribution in [2.75, 3.05) is 13.1 Å². The van der Waals surface area contributed by atoms with Crippen LogP contribution in [0.1, 0.15) is 50.5 Å². The molecule has 0 atom stereocenters. The molecule has 0 saturated carbocycles. The fraction of sp³-hybridized carbons (Fsp3) is 0.333. The molecule has 0 aliphatic carbocycles. The minimum absolute atomic E-state index is 0.0747. The van der Waals surface area contributed by atoms with Crippen LogP contribution in [0.15, 0.2) is 34.9 Å². The van der Waals surface area contributed by atoms with E-state index < -0.39 is 0 Å². The fourth-order valence-corrected chi connectivity index (χ4v) is 3.54. The van der Waals surface area contributed by atoms with Crippen LogP contribution in [-0.2, 0) is 6.54 Å². The lowest BCUT2D eigenvalue weighted by Crippen LogP contribution is -2.27. The molecular weight excluding hydrogens is 356 g/mol.